The van der Waals surface area contributed by atoms with Crippen molar-refractivity contribution < 1.29 is 0 Å². The molecular weight excluding hydrogens is 238 g/mol. The van der Waals surface area contributed by atoms with Crippen LogP contribution in [-0.4, -0.2) is 33.0 Å². The van der Waals surface area contributed by atoms with Gasteiger partial charge < -0.3 is 4.90 Å². The summed E-state index contributed by atoms with van der Waals surface area (Å²) < 4.78 is 0. The first kappa shape index (κ1) is 12.0. The monoisotopic (exact) mass is 255 g/mol. The molecule has 3 rings (SSSR count). The van der Waals surface area contributed by atoms with E-state index >= 15 is 0 Å². The number of nitrogens with zero attached hydrogens (tertiary/aromatic N) is 5. The summed E-state index contributed by atoms with van der Waals surface area (Å²) in [5.74, 6) is 2.41. The van der Waals surface area contributed by atoms with Crippen LogP contribution in [0.4, 0.5) is 5.82 Å². The van der Waals surface area contributed by atoms with Crippen molar-refractivity contribution in [3.63, 3.8) is 0 Å². The molecule has 0 spiro atoms. The second-order valence-corrected chi connectivity index (χ2v) is 4.88. The van der Waals surface area contributed by atoms with Crippen LogP contribution in [0.3, 0.4) is 0 Å². The Balaban J connectivity index is 1.67. The molecule has 2 aromatic heterocycles. The molecule has 1 aliphatic rings. The number of rotatable bonds is 2. The van der Waals surface area contributed by atoms with Crippen molar-refractivity contribution in [2.75, 3.05) is 18.0 Å². The highest BCUT2D eigenvalue weighted by Gasteiger charge is 2.23. The first-order valence-electron chi connectivity index (χ1n) is 6.63. The molecule has 1 fully saturated rings. The van der Waals surface area contributed by atoms with E-state index in [9.17, 15) is 0 Å². The number of aromatic nitrogens is 4. The van der Waals surface area contributed by atoms with Gasteiger partial charge in [-0.3, -0.25) is 4.98 Å². The van der Waals surface area contributed by atoms with E-state index in [0.717, 1.165) is 43.3 Å². The second-order valence-electron chi connectivity index (χ2n) is 4.88. The highest BCUT2D eigenvalue weighted by atomic mass is 15.2. The zero-order chi connectivity index (χ0) is 13.1. The Bertz CT molecular complexity index is 535. The van der Waals surface area contributed by atoms with Gasteiger partial charge in [0.15, 0.2) is 0 Å². The van der Waals surface area contributed by atoms with Gasteiger partial charge in [0, 0.05) is 43.3 Å². The van der Waals surface area contributed by atoms with Crippen molar-refractivity contribution in [3.05, 3.63) is 42.4 Å². The molecule has 1 saturated heterocycles. The minimum Gasteiger partial charge on any atom is -0.355 e. The quantitative estimate of drug-likeness (QED) is 0.821. The van der Waals surface area contributed by atoms with Crippen molar-refractivity contribution in [1.29, 1.82) is 0 Å². The maximum atomic E-state index is 4.54. The molecule has 5 heteroatoms. The molecule has 1 aliphatic heterocycles. The molecule has 0 amide bonds. The van der Waals surface area contributed by atoms with Crippen molar-refractivity contribution in [1.82, 2.24) is 19.9 Å². The van der Waals surface area contributed by atoms with E-state index in [1.807, 2.05) is 25.4 Å². The molecule has 19 heavy (non-hydrogen) atoms. The van der Waals surface area contributed by atoms with Crippen LogP contribution in [0.5, 0.6) is 0 Å². The molecule has 3 heterocycles. The molecule has 0 aliphatic carbocycles. The average Bonchev–Trinajstić information content (AvgIpc) is 2.48. The van der Waals surface area contributed by atoms with E-state index in [1.165, 1.54) is 0 Å². The van der Waals surface area contributed by atoms with E-state index < -0.39 is 0 Å². The molecule has 0 atom stereocenters. The van der Waals surface area contributed by atoms with E-state index in [1.54, 1.807) is 12.4 Å². The maximum absolute atomic E-state index is 4.54. The van der Waals surface area contributed by atoms with E-state index in [0.29, 0.717) is 5.92 Å². The molecule has 0 aromatic carbocycles. The topological polar surface area (TPSA) is 54.8 Å². The lowest BCUT2D eigenvalue weighted by atomic mass is 9.96. The van der Waals surface area contributed by atoms with Crippen LogP contribution in [0.2, 0.25) is 0 Å². The Kier molecular flexibility index (Phi) is 3.35. The number of hydrogen-bond donors (Lipinski definition) is 0. The highest BCUT2D eigenvalue weighted by Crippen LogP contribution is 2.27. The SMILES string of the molecule is Cc1ccnc(C2CCN(c3cnccn3)CC2)n1. The summed E-state index contributed by atoms with van der Waals surface area (Å²) >= 11 is 0. The lowest BCUT2D eigenvalue weighted by molar-refractivity contribution is 0.482. The lowest BCUT2D eigenvalue weighted by Crippen LogP contribution is -2.34. The summed E-state index contributed by atoms with van der Waals surface area (Å²) in [6.07, 6.45) is 9.26. The molecule has 0 radical (unpaired) electrons. The van der Waals surface area contributed by atoms with Crippen LogP contribution in [0.1, 0.15) is 30.3 Å². The van der Waals surface area contributed by atoms with Gasteiger partial charge in [-0.1, -0.05) is 0 Å². The van der Waals surface area contributed by atoms with Crippen LogP contribution >= 0.6 is 0 Å². The zero-order valence-corrected chi connectivity index (χ0v) is 11.0. The third kappa shape index (κ3) is 2.70. The van der Waals surface area contributed by atoms with Crippen LogP contribution < -0.4 is 4.90 Å². The molecular formula is C14H17N5. The third-order valence-electron chi connectivity index (χ3n) is 3.55. The van der Waals surface area contributed by atoms with Gasteiger partial charge >= 0.3 is 0 Å². The number of aryl methyl sites for hydroxylation is 1. The molecule has 0 bridgehead atoms. The predicted molar refractivity (Wildman–Crippen MR) is 73.0 cm³/mol. The van der Waals surface area contributed by atoms with E-state index in [2.05, 4.69) is 24.8 Å². The Morgan fingerprint density at radius 2 is 1.95 bits per heavy atom. The largest absolute Gasteiger partial charge is 0.355 e. The summed E-state index contributed by atoms with van der Waals surface area (Å²) in [5.41, 5.74) is 1.04. The number of anilines is 1. The fourth-order valence-corrected chi connectivity index (χ4v) is 2.49. The summed E-state index contributed by atoms with van der Waals surface area (Å²) in [6.45, 7) is 3.99. The Morgan fingerprint density at radius 3 is 2.63 bits per heavy atom. The van der Waals surface area contributed by atoms with Gasteiger partial charge in [-0.05, 0) is 25.8 Å². The summed E-state index contributed by atoms with van der Waals surface area (Å²) in [5, 5.41) is 0. The second kappa shape index (κ2) is 5.30. The van der Waals surface area contributed by atoms with Gasteiger partial charge in [0.1, 0.15) is 11.6 Å². The minimum absolute atomic E-state index is 0.466. The molecule has 0 N–H and O–H groups in total. The van der Waals surface area contributed by atoms with E-state index in [-0.39, 0.29) is 0 Å². The van der Waals surface area contributed by atoms with Crippen LogP contribution in [0, 0.1) is 6.92 Å². The fourth-order valence-electron chi connectivity index (χ4n) is 2.49. The molecule has 98 valence electrons. The first-order chi connectivity index (χ1) is 9.33. The summed E-state index contributed by atoms with van der Waals surface area (Å²) in [7, 11) is 0. The number of piperidine rings is 1. The Hall–Kier alpha value is -2.04. The Labute approximate surface area is 112 Å². The highest BCUT2D eigenvalue weighted by molar-refractivity contribution is 5.35. The first-order valence-corrected chi connectivity index (χ1v) is 6.63. The molecule has 0 unspecified atom stereocenters. The van der Waals surface area contributed by atoms with Gasteiger partial charge in [-0.2, -0.15) is 0 Å². The number of hydrogen-bond acceptors (Lipinski definition) is 5. The van der Waals surface area contributed by atoms with Crippen LogP contribution in [0.15, 0.2) is 30.9 Å². The molecule has 2 aromatic rings. The molecule has 5 nitrogen and oxygen atoms in total. The van der Waals surface area contributed by atoms with Gasteiger partial charge in [0.25, 0.3) is 0 Å². The predicted octanol–water partition coefficient (Wildman–Crippen LogP) is 1.96. The summed E-state index contributed by atoms with van der Waals surface area (Å²) in [6, 6.07) is 1.94. The zero-order valence-electron chi connectivity index (χ0n) is 11.0. The minimum atomic E-state index is 0.466. The smallest absolute Gasteiger partial charge is 0.147 e. The summed E-state index contributed by atoms with van der Waals surface area (Å²) in [4.78, 5) is 19.7. The molecule has 0 saturated carbocycles. The van der Waals surface area contributed by atoms with Gasteiger partial charge in [-0.15, -0.1) is 0 Å². The standard InChI is InChI=1S/C14H17N5/c1-11-2-5-17-14(18-11)12-3-8-19(9-4-12)13-10-15-6-7-16-13/h2,5-7,10,12H,3-4,8-9H2,1H3. The third-order valence-corrected chi connectivity index (χ3v) is 3.55. The maximum Gasteiger partial charge on any atom is 0.147 e. The lowest BCUT2D eigenvalue weighted by Gasteiger charge is -2.31. The van der Waals surface area contributed by atoms with Crippen molar-refractivity contribution in [2.24, 2.45) is 0 Å². The van der Waals surface area contributed by atoms with Crippen molar-refractivity contribution >= 4 is 5.82 Å². The fraction of sp³-hybridized carbons (Fsp3) is 0.429. The van der Waals surface area contributed by atoms with Crippen molar-refractivity contribution in [2.45, 2.75) is 25.7 Å². The normalized spacial score (nSPS) is 16.6. The van der Waals surface area contributed by atoms with Gasteiger partial charge in [0.2, 0.25) is 0 Å². The van der Waals surface area contributed by atoms with Crippen LogP contribution in [0.25, 0.3) is 0 Å². The van der Waals surface area contributed by atoms with E-state index in [4.69, 9.17) is 0 Å². The Morgan fingerprint density at radius 1 is 1.11 bits per heavy atom. The van der Waals surface area contributed by atoms with Crippen LogP contribution in [-0.2, 0) is 0 Å². The van der Waals surface area contributed by atoms with Gasteiger partial charge in [-0.25, -0.2) is 15.0 Å². The van der Waals surface area contributed by atoms with Crippen molar-refractivity contribution in [3.8, 4) is 0 Å². The average molecular weight is 255 g/mol. The van der Waals surface area contributed by atoms with Gasteiger partial charge in [0.05, 0.1) is 6.20 Å².